The number of ether oxygens (including phenoxy) is 2. The number of anilines is 3. The highest BCUT2D eigenvalue weighted by Crippen LogP contribution is 2.41. The number of alkyl halides is 2. The molecular weight excluding hydrogens is 588 g/mol. The average Bonchev–Trinajstić information content (AvgIpc) is 3.70. The molecule has 0 unspecified atom stereocenters. The molecule has 6 heterocycles. The number of aromatic nitrogens is 8. The van der Waals surface area contributed by atoms with Gasteiger partial charge in [0.2, 0.25) is 15.8 Å². The van der Waals surface area contributed by atoms with E-state index in [0.717, 1.165) is 12.7 Å². The number of hydrogen-bond donors (Lipinski definition) is 3. The summed E-state index contributed by atoms with van der Waals surface area (Å²) in [5, 5.41) is 7.56. The second kappa shape index (κ2) is 11.4. The van der Waals surface area contributed by atoms with Crippen LogP contribution in [-0.2, 0) is 19.3 Å². The van der Waals surface area contributed by atoms with Gasteiger partial charge in [-0.1, -0.05) is 27.7 Å². The number of fused-ring (bicyclic) bond motifs is 2. The van der Waals surface area contributed by atoms with Crippen molar-refractivity contribution in [1.29, 1.82) is 0 Å². The molecule has 4 aromatic rings. The topological polar surface area (TPSA) is 217 Å². The first kappa shape index (κ1) is 30.7. The van der Waals surface area contributed by atoms with Crippen molar-refractivity contribution in [2.75, 3.05) is 23.5 Å². The van der Waals surface area contributed by atoms with Gasteiger partial charge in [0.05, 0.1) is 36.0 Å². The van der Waals surface area contributed by atoms with Crippen LogP contribution in [0.3, 0.4) is 0 Å². The molecule has 0 spiro atoms. The summed E-state index contributed by atoms with van der Waals surface area (Å²) in [6.45, 7) is 7.53. The fourth-order valence-corrected chi connectivity index (χ4v) is 6.01. The summed E-state index contributed by atoms with van der Waals surface area (Å²) >= 11 is 0. The van der Waals surface area contributed by atoms with Gasteiger partial charge in [0, 0.05) is 18.1 Å². The van der Waals surface area contributed by atoms with Crippen LogP contribution in [0.5, 0.6) is 0 Å². The van der Waals surface area contributed by atoms with Crippen molar-refractivity contribution in [2.45, 2.75) is 82.5 Å². The Kier molecular flexibility index (Phi) is 8.12. The second-order valence-electron chi connectivity index (χ2n) is 10.9. The zero-order valence-electron chi connectivity index (χ0n) is 24.3. The van der Waals surface area contributed by atoms with E-state index >= 15 is 0 Å². The number of nitrogens with zero attached hydrogens (tertiary/aromatic N) is 8. The van der Waals surface area contributed by atoms with E-state index in [4.69, 9.17) is 26.7 Å². The summed E-state index contributed by atoms with van der Waals surface area (Å²) in [7, 11) is -3.66. The molecule has 4 aromatic heterocycles. The summed E-state index contributed by atoms with van der Waals surface area (Å²) in [6.07, 6.45) is 1.07. The number of nitrogens with two attached hydrogens (primary N) is 3. The first-order valence-corrected chi connectivity index (χ1v) is 15.7. The van der Waals surface area contributed by atoms with Crippen LogP contribution < -0.4 is 17.2 Å². The van der Waals surface area contributed by atoms with Gasteiger partial charge >= 0.3 is 0 Å². The highest BCUT2D eigenvalue weighted by molar-refractivity contribution is 7.90. The monoisotopic (exact) mass is 623 g/mol. The lowest BCUT2D eigenvalue weighted by atomic mass is 9.97. The first-order valence-electron chi connectivity index (χ1n) is 13.8. The quantitative estimate of drug-likeness (QED) is 0.290. The zero-order valence-corrected chi connectivity index (χ0v) is 25.1. The van der Waals surface area contributed by atoms with Crippen molar-refractivity contribution in [3.05, 3.63) is 23.8 Å². The SMILES string of the molecule is CC[C@H]1O[C@@H](c2cnc3c(N)nc(N)nn23)[C@H](F)[C@@H]1C.CC[C@H]1O[C@@H](c2cnc3c(N)nc(S(C)(=O)=O)nn23)[C@H](F)[C@@H]1C. The molecule has 0 saturated carbocycles. The van der Waals surface area contributed by atoms with Crippen LogP contribution in [0, 0.1) is 11.8 Å². The fourth-order valence-electron chi connectivity index (χ4n) is 5.52. The average molecular weight is 624 g/mol. The fraction of sp³-hybridized carbons (Fsp3) is 0.600. The number of imidazole rings is 2. The summed E-state index contributed by atoms with van der Waals surface area (Å²) in [4.78, 5) is 15.8. The highest BCUT2D eigenvalue weighted by Gasteiger charge is 2.45. The molecule has 2 aliphatic heterocycles. The minimum atomic E-state index is -3.66. The summed E-state index contributed by atoms with van der Waals surface area (Å²) in [6, 6.07) is 0. The molecule has 6 N–H and O–H groups in total. The predicted octanol–water partition coefficient (Wildman–Crippen LogP) is 2.05. The Morgan fingerprint density at radius 3 is 1.67 bits per heavy atom. The summed E-state index contributed by atoms with van der Waals surface area (Å²) < 4.78 is 66.6. The van der Waals surface area contributed by atoms with Crippen LogP contribution in [-0.4, -0.2) is 78.4 Å². The van der Waals surface area contributed by atoms with Crippen molar-refractivity contribution < 1.29 is 26.7 Å². The molecule has 8 atom stereocenters. The third-order valence-corrected chi connectivity index (χ3v) is 8.78. The third kappa shape index (κ3) is 5.42. The number of halogens is 2. The molecule has 18 heteroatoms. The maximum atomic E-state index is 14.6. The maximum Gasteiger partial charge on any atom is 0.267 e. The Balaban J connectivity index is 0.000000173. The molecule has 0 aliphatic carbocycles. The molecule has 0 amide bonds. The van der Waals surface area contributed by atoms with E-state index < -0.39 is 39.5 Å². The van der Waals surface area contributed by atoms with Crippen LogP contribution in [0.25, 0.3) is 11.3 Å². The minimum absolute atomic E-state index is 0.0164. The van der Waals surface area contributed by atoms with E-state index in [1.54, 1.807) is 6.92 Å². The van der Waals surface area contributed by atoms with Gasteiger partial charge < -0.3 is 26.7 Å². The van der Waals surface area contributed by atoms with Gasteiger partial charge in [0.15, 0.2) is 22.9 Å². The van der Waals surface area contributed by atoms with Crippen LogP contribution in [0.2, 0.25) is 0 Å². The van der Waals surface area contributed by atoms with E-state index in [0.29, 0.717) is 23.5 Å². The smallest absolute Gasteiger partial charge is 0.267 e. The van der Waals surface area contributed by atoms with E-state index in [-0.39, 0.29) is 47.3 Å². The predicted molar refractivity (Wildman–Crippen MR) is 152 cm³/mol. The largest absolute Gasteiger partial charge is 0.380 e. The molecule has 6 rings (SSSR count). The van der Waals surface area contributed by atoms with Gasteiger partial charge in [-0.05, 0) is 12.8 Å². The van der Waals surface area contributed by atoms with Gasteiger partial charge in [-0.15, -0.1) is 10.2 Å². The van der Waals surface area contributed by atoms with E-state index in [1.165, 1.54) is 21.4 Å². The molecule has 15 nitrogen and oxygen atoms in total. The van der Waals surface area contributed by atoms with E-state index in [2.05, 4.69) is 30.1 Å². The molecule has 0 aromatic carbocycles. The molecule has 43 heavy (non-hydrogen) atoms. The van der Waals surface area contributed by atoms with Crippen LogP contribution >= 0.6 is 0 Å². The Bertz CT molecular complexity index is 1750. The lowest BCUT2D eigenvalue weighted by Gasteiger charge is -2.13. The van der Waals surface area contributed by atoms with Gasteiger partial charge in [0.25, 0.3) is 5.16 Å². The Labute approximate surface area is 246 Å². The van der Waals surface area contributed by atoms with Gasteiger partial charge in [-0.25, -0.2) is 36.2 Å². The molecule has 2 fully saturated rings. The first-order chi connectivity index (χ1) is 20.3. The summed E-state index contributed by atoms with van der Waals surface area (Å²) in [5.74, 6) is -0.351. The number of sulfone groups is 1. The standard InChI is InChI=1S/C13H18FN5O3S.C12H17FN6O/c1-4-8-6(2)9(14)10(22-8)7-5-16-12-11(15)17-13(18-19(7)12)23(3,20)21;1-3-7-5(2)8(13)9(20-7)6-4-16-11-10(14)17-12(15)18-19(6)11/h5-6,8-10H,4H2,1-3H3,(H2,15,17,18);4-5,7-9H,3H2,1-2H3,(H4,14,15,17,18)/t6-,8-,9-,10+;5-,7-,8-,9+/m11/s1. The highest BCUT2D eigenvalue weighted by atomic mass is 32.2. The maximum absolute atomic E-state index is 14.6. The Morgan fingerprint density at radius 1 is 0.814 bits per heavy atom. The van der Waals surface area contributed by atoms with Crippen molar-refractivity contribution in [3.63, 3.8) is 0 Å². The van der Waals surface area contributed by atoms with E-state index in [9.17, 15) is 17.2 Å². The molecule has 0 bridgehead atoms. The summed E-state index contributed by atoms with van der Waals surface area (Å²) in [5.41, 5.74) is 18.4. The van der Waals surface area contributed by atoms with Crippen LogP contribution in [0.1, 0.15) is 64.1 Å². The third-order valence-electron chi connectivity index (χ3n) is 7.94. The molecule has 2 saturated heterocycles. The minimum Gasteiger partial charge on any atom is -0.380 e. The van der Waals surface area contributed by atoms with Crippen molar-refractivity contribution in [2.24, 2.45) is 11.8 Å². The second-order valence-corrected chi connectivity index (χ2v) is 12.8. The van der Waals surface area contributed by atoms with Gasteiger partial charge in [0.1, 0.15) is 24.6 Å². The van der Waals surface area contributed by atoms with Gasteiger partial charge in [-0.2, -0.15) is 9.97 Å². The van der Waals surface area contributed by atoms with Crippen LogP contribution in [0.15, 0.2) is 17.6 Å². The number of nitrogen functional groups attached to an aromatic ring is 3. The molecule has 2 aliphatic rings. The lowest BCUT2D eigenvalue weighted by Crippen LogP contribution is -2.18. The Hall–Kier alpha value is -3.77. The number of rotatable bonds is 5. The molecule has 0 radical (unpaired) electrons. The molecule has 234 valence electrons. The van der Waals surface area contributed by atoms with Crippen molar-refractivity contribution in [3.8, 4) is 0 Å². The van der Waals surface area contributed by atoms with E-state index in [1.807, 2.05) is 20.8 Å². The van der Waals surface area contributed by atoms with Crippen molar-refractivity contribution >= 4 is 38.7 Å². The van der Waals surface area contributed by atoms with Crippen molar-refractivity contribution in [1.82, 2.24) is 39.2 Å². The number of hydrogen-bond acceptors (Lipinski definition) is 13. The Morgan fingerprint density at radius 2 is 1.26 bits per heavy atom. The molecular formula is C25H35F2N11O4S. The van der Waals surface area contributed by atoms with Crippen LogP contribution in [0.4, 0.5) is 26.4 Å². The normalized spacial score (nSPS) is 29.3. The van der Waals surface area contributed by atoms with Gasteiger partial charge in [-0.3, -0.25) is 0 Å². The zero-order chi connectivity index (χ0) is 31.4. The lowest BCUT2D eigenvalue weighted by molar-refractivity contribution is 0.0195.